The van der Waals surface area contributed by atoms with Gasteiger partial charge in [0.05, 0.1) is 34.6 Å². The van der Waals surface area contributed by atoms with Crippen molar-refractivity contribution in [3.63, 3.8) is 0 Å². The minimum absolute atomic E-state index is 0.212. The summed E-state index contributed by atoms with van der Waals surface area (Å²) in [5, 5.41) is 3.62. The van der Waals surface area contributed by atoms with Crippen LogP contribution in [0.1, 0.15) is 26.3 Å². The molecule has 0 saturated carbocycles. The van der Waals surface area contributed by atoms with Crippen molar-refractivity contribution in [2.75, 3.05) is 0 Å². The van der Waals surface area contributed by atoms with Gasteiger partial charge in [0.15, 0.2) is 5.69 Å². The predicted octanol–water partition coefficient (Wildman–Crippen LogP) is 14.1. The second kappa shape index (κ2) is 13.4. The molecule has 3 aromatic heterocycles. The van der Waals surface area contributed by atoms with Gasteiger partial charge in [-0.3, -0.25) is 9.55 Å². The molecule has 10 aromatic rings. The van der Waals surface area contributed by atoms with Gasteiger partial charge >= 0.3 is 0 Å². The zero-order chi connectivity index (χ0) is 38.7. The van der Waals surface area contributed by atoms with Crippen LogP contribution in [-0.2, 0) is 5.41 Å². The summed E-state index contributed by atoms with van der Waals surface area (Å²) in [4.78, 5) is 13.8. The lowest BCUT2D eigenvalue weighted by atomic mass is 9.83. The fourth-order valence-corrected chi connectivity index (χ4v) is 8.00. The normalized spacial score (nSPS) is 11.8. The molecule has 3 heterocycles. The lowest BCUT2D eigenvalue weighted by Gasteiger charge is -2.25. The van der Waals surface area contributed by atoms with Crippen molar-refractivity contribution < 1.29 is 9.15 Å². The maximum absolute atomic E-state index is 8.02. The van der Waals surface area contributed by atoms with Gasteiger partial charge in [-0.15, -0.1) is 0 Å². The highest BCUT2D eigenvalue weighted by Crippen LogP contribution is 2.46. The topological polar surface area (TPSA) is 57.4 Å². The van der Waals surface area contributed by atoms with Gasteiger partial charge < -0.3 is 9.15 Å². The molecule has 0 bridgehead atoms. The molecule has 0 N–H and O–H groups in total. The molecule has 272 valence electrons. The molecule has 0 atom stereocenters. The van der Waals surface area contributed by atoms with Crippen LogP contribution in [0.5, 0.6) is 11.5 Å². The number of ether oxygens (including phenoxy) is 1. The summed E-state index contributed by atoms with van der Waals surface area (Å²) in [6.45, 7) is 14.8. The Balaban J connectivity index is 1.26. The molecule has 6 heteroatoms. The molecule has 7 aromatic carbocycles. The van der Waals surface area contributed by atoms with E-state index in [4.69, 9.17) is 20.7 Å². The number of hydrogen-bond donors (Lipinski definition) is 0. The maximum atomic E-state index is 8.02. The Bertz CT molecular complexity index is 3200. The summed E-state index contributed by atoms with van der Waals surface area (Å²) in [6, 6.07) is 53.3. The van der Waals surface area contributed by atoms with Gasteiger partial charge in [0.2, 0.25) is 0 Å². The fraction of sp³-hybridized carbons (Fsp3) is 0.0784. The predicted molar refractivity (Wildman–Crippen MR) is 231 cm³/mol. The Labute approximate surface area is 330 Å². The smallest absolute Gasteiger partial charge is 0.198 e. The van der Waals surface area contributed by atoms with E-state index in [1.54, 1.807) is 6.20 Å². The van der Waals surface area contributed by atoms with Crippen LogP contribution in [0.15, 0.2) is 168 Å². The Morgan fingerprint density at radius 1 is 0.649 bits per heavy atom. The average Bonchev–Trinajstić information content (AvgIpc) is 3.82. The molecule has 0 fully saturated rings. The molecule has 0 radical (unpaired) electrons. The molecule has 0 aliphatic rings. The third kappa shape index (κ3) is 5.89. The van der Waals surface area contributed by atoms with E-state index in [-0.39, 0.29) is 5.41 Å². The highest BCUT2D eigenvalue weighted by molar-refractivity contribution is 6.23. The molecule has 0 amide bonds. The molecule has 0 aliphatic heterocycles. The average molecular weight is 737 g/mol. The summed E-state index contributed by atoms with van der Waals surface area (Å²) in [5.74, 6) is 2.03. The summed E-state index contributed by atoms with van der Waals surface area (Å²) >= 11 is 0. The quantitative estimate of drug-likeness (QED) is 0.160. The highest BCUT2D eigenvalue weighted by atomic mass is 16.5. The molecule has 57 heavy (non-hydrogen) atoms. The Kier molecular flexibility index (Phi) is 7.98. The van der Waals surface area contributed by atoms with E-state index < -0.39 is 0 Å². The summed E-state index contributed by atoms with van der Waals surface area (Å²) in [5.41, 5.74) is 10.6. The largest absolute Gasteiger partial charge is 0.457 e. The van der Waals surface area contributed by atoms with Crippen LogP contribution in [0, 0.1) is 6.57 Å². The minimum Gasteiger partial charge on any atom is -0.457 e. The zero-order valence-electron chi connectivity index (χ0n) is 31.7. The van der Waals surface area contributed by atoms with Gasteiger partial charge in [0.1, 0.15) is 28.5 Å². The number of hydrogen-bond acceptors (Lipinski definition) is 4. The number of nitrogens with zero attached hydrogens (tertiary/aromatic N) is 4. The third-order valence-electron chi connectivity index (χ3n) is 10.6. The number of rotatable bonds is 6. The fourth-order valence-electron chi connectivity index (χ4n) is 8.00. The van der Waals surface area contributed by atoms with Crippen LogP contribution in [0.3, 0.4) is 0 Å². The van der Waals surface area contributed by atoms with E-state index in [1.165, 1.54) is 5.56 Å². The molecular weight excluding hydrogens is 701 g/mol. The first-order valence-electron chi connectivity index (χ1n) is 19.0. The number of furan rings is 1. The molecule has 10 rings (SSSR count). The van der Waals surface area contributed by atoms with Crippen LogP contribution >= 0.6 is 0 Å². The van der Waals surface area contributed by atoms with E-state index in [9.17, 15) is 0 Å². The molecular formula is C51H36N4O2. The first-order chi connectivity index (χ1) is 27.8. The second-order valence-electron chi connectivity index (χ2n) is 15.3. The number of pyridine rings is 1. The Morgan fingerprint density at radius 2 is 1.42 bits per heavy atom. The van der Waals surface area contributed by atoms with Crippen molar-refractivity contribution in [3.05, 3.63) is 181 Å². The molecule has 0 unspecified atom stereocenters. The van der Waals surface area contributed by atoms with Gasteiger partial charge in [-0.05, 0) is 99.6 Å². The first-order valence-corrected chi connectivity index (χ1v) is 19.0. The van der Waals surface area contributed by atoms with Gasteiger partial charge in [0, 0.05) is 22.5 Å². The van der Waals surface area contributed by atoms with Crippen LogP contribution in [0.25, 0.3) is 88.0 Å². The molecule has 6 nitrogen and oxygen atoms in total. The van der Waals surface area contributed by atoms with E-state index in [2.05, 4.69) is 102 Å². The number of benzene rings is 7. The second-order valence-corrected chi connectivity index (χ2v) is 15.3. The maximum Gasteiger partial charge on any atom is 0.198 e. The minimum atomic E-state index is -0.212. The number of fused-ring (bicyclic) bond motifs is 6. The highest BCUT2D eigenvalue weighted by Gasteiger charge is 2.27. The van der Waals surface area contributed by atoms with Gasteiger partial charge in [-0.1, -0.05) is 112 Å². The number of aromatic nitrogens is 3. The lowest BCUT2D eigenvalue weighted by Crippen LogP contribution is -2.16. The monoisotopic (exact) mass is 736 g/mol. The van der Waals surface area contributed by atoms with Crippen molar-refractivity contribution in [1.82, 2.24) is 14.5 Å². The van der Waals surface area contributed by atoms with E-state index in [0.717, 1.165) is 72.0 Å². The summed E-state index contributed by atoms with van der Waals surface area (Å²) < 4.78 is 15.9. The Morgan fingerprint density at radius 3 is 2.23 bits per heavy atom. The van der Waals surface area contributed by atoms with Gasteiger partial charge in [-0.25, -0.2) is 9.83 Å². The summed E-state index contributed by atoms with van der Waals surface area (Å²) in [7, 11) is 0. The third-order valence-corrected chi connectivity index (χ3v) is 10.6. The van der Waals surface area contributed by atoms with Crippen molar-refractivity contribution in [1.29, 1.82) is 0 Å². The first kappa shape index (κ1) is 34.0. The van der Waals surface area contributed by atoms with Crippen molar-refractivity contribution in [2.45, 2.75) is 26.2 Å². The van der Waals surface area contributed by atoms with Crippen molar-refractivity contribution >= 4 is 49.4 Å². The molecule has 0 aliphatic carbocycles. The molecule has 0 saturated heterocycles. The van der Waals surface area contributed by atoms with E-state index in [0.29, 0.717) is 28.4 Å². The van der Waals surface area contributed by atoms with Crippen molar-refractivity contribution in [3.8, 4) is 51.0 Å². The van der Waals surface area contributed by atoms with Gasteiger partial charge in [0.25, 0.3) is 0 Å². The lowest BCUT2D eigenvalue weighted by molar-refractivity contribution is 0.483. The standard InChI is InChI=1S/C51H36N4O2/c1-51(2,3)41-28-33(32-15-6-5-7-16-32)24-25-45(41)55-46-23-11-10-22-43(46)54-50(55)40-30-36(56-35-18-14-17-34(27-35)42-21-12-13-26-53-42)29-39-48-38-20-9-8-19-37(38)44(52-4)31-47(48)57-49(39)40/h5-31H,1-3H3. The number of imidazole rings is 1. The van der Waals surface area contributed by atoms with E-state index in [1.807, 2.05) is 91.0 Å². The molecule has 0 spiro atoms. The van der Waals surface area contributed by atoms with Gasteiger partial charge in [-0.2, -0.15) is 0 Å². The van der Waals surface area contributed by atoms with Crippen LogP contribution in [0.4, 0.5) is 5.69 Å². The van der Waals surface area contributed by atoms with Crippen LogP contribution in [0.2, 0.25) is 0 Å². The SMILES string of the molecule is [C-]#[N+]c1cc2oc3c(-c4nc5ccccc5n4-c4ccc(-c5ccccc5)cc4C(C)(C)C)cc(Oc4cccc(-c5ccccn5)c4)cc3c2c2ccccc12. The van der Waals surface area contributed by atoms with Crippen LogP contribution < -0.4 is 4.74 Å². The number of para-hydroxylation sites is 2. The van der Waals surface area contributed by atoms with Crippen LogP contribution in [-0.4, -0.2) is 14.5 Å². The zero-order valence-corrected chi connectivity index (χ0v) is 31.7. The Hall–Kier alpha value is -7.49. The van der Waals surface area contributed by atoms with Crippen molar-refractivity contribution in [2.24, 2.45) is 0 Å². The van der Waals surface area contributed by atoms with E-state index >= 15 is 0 Å². The summed E-state index contributed by atoms with van der Waals surface area (Å²) in [6.07, 6.45) is 1.79.